The molecule has 0 N–H and O–H groups in total. The summed E-state index contributed by atoms with van der Waals surface area (Å²) in [5.74, 6) is 0.589. The van der Waals surface area contributed by atoms with Gasteiger partial charge in [-0.25, -0.2) is 4.79 Å². The van der Waals surface area contributed by atoms with E-state index in [1.54, 1.807) is 4.90 Å². The second kappa shape index (κ2) is 5.07. The molecule has 0 saturated heterocycles. The molecule has 94 valence electrons. The lowest BCUT2D eigenvalue weighted by atomic mass is 9.85. The van der Waals surface area contributed by atoms with Crippen molar-refractivity contribution in [3.63, 3.8) is 0 Å². The molecular formula is C13H25NO2. The van der Waals surface area contributed by atoms with Crippen LogP contribution >= 0.6 is 0 Å². The minimum absolute atomic E-state index is 0.189. The summed E-state index contributed by atoms with van der Waals surface area (Å²) in [6, 6.07) is 0.351. The van der Waals surface area contributed by atoms with Crippen LogP contribution in [0.1, 0.15) is 53.4 Å². The monoisotopic (exact) mass is 227 g/mol. The Bertz CT molecular complexity index is 245. The van der Waals surface area contributed by atoms with Crippen LogP contribution in [-0.4, -0.2) is 29.7 Å². The fourth-order valence-electron chi connectivity index (χ4n) is 2.34. The predicted molar refractivity (Wildman–Crippen MR) is 65.4 cm³/mol. The Morgan fingerprint density at radius 2 is 1.81 bits per heavy atom. The van der Waals surface area contributed by atoms with Crippen molar-refractivity contribution < 1.29 is 9.53 Å². The van der Waals surface area contributed by atoms with Gasteiger partial charge in [-0.3, -0.25) is 0 Å². The molecule has 1 aliphatic rings. The van der Waals surface area contributed by atoms with E-state index in [-0.39, 0.29) is 6.09 Å². The first-order valence-corrected chi connectivity index (χ1v) is 6.27. The maximum Gasteiger partial charge on any atom is 0.410 e. The van der Waals surface area contributed by atoms with Gasteiger partial charge < -0.3 is 9.64 Å². The zero-order valence-electron chi connectivity index (χ0n) is 11.2. The smallest absolute Gasteiger partial charge is 0.410 e. The molecule has 0 aromatic rings. The highest BCUT2D eigenvalue weighted by Gasteiger charge is 2.30. The van der Waals surface area contributed by atoms with Crippen LogP contribution in [0.2, 0.25) is 0 Å². The molecular weight excluding hydrogens is 202 g/mol. The third kappa shape index (κ3) is 3.69. The normalized spacial score (nSPS) is 26.3. The molecule has 3 heteroatoms. The van der Waals surface area contributed by atoms with Crippen LogP contribution in [0.3, 0.4) is 0 Å². The van der Waals surface area contributed by atoms with E-state index in [2.05, 4.69) is 6.92 Å². The number of carbonyl (C=O) groups is 1. The van der Waals surface area contributed by atoms with Crippen molar-refractivity contribution >= 4 is 6.09 Å². The Morgan fingerprint density at radius 1 is 1.25 bits per heavy atom. The largest absolute Gasteiger partial charge is 0.444 e. The number of hydrogen-bond donors (Lipinski definition) is 0. The average Bonchev–Trinajstić information content (AvgIpc) is 2.15. The van der Waals surface area contributed by atoms with E-state index in [1.165, 1.54) is 19.3 Å². The van der Waals surface area contributed by atoms with Crippen molar-refractivity contribution in [3.8, 4) is 0 Å². The van der Waals surface area contributed by atoms with Gasteiger partial charge in [0.1, 0.15) is 5.60 Å². The van der Waals surface area contributed by atoms with E-state index < -0.39 is 5.60 Å². The zero-order chi connectivity index (χ0) is 12.3. The van der Waals surface area contributed by atoms with Gasteiger partial charge in [-0.05, 0) is 39.5 Å². The summed E-state index contributed by atoms with van der Waals surface area (Å²) in [5.41, 5.74) is -0.400. The van der Waals surface area contributed by atoms with E-state index >= 15 is 0 Å². The van der Waals surface area contributed by atoms with E-state index in [0.717, 1.165) is 6.42 Å². The second-order valence-corrected chi connectivity index (χ2v) is 5.92. The van der Waals surface area contributed by atoms with Gasteiger partial charge in [-0.1, -0.05) is 19.8 Å². The minimum atomic E-state index is -0.400. The SMILES string of the molecule is CC1CCCCC1N(C)C(=O)OC(C)(C)C. The molecule has 2 atom stereocenters. The molecule has 0 aromatic carbocycles. The van der Waals surface area contributed by atoms with Crippen LogP contribution < -0.4 is 0 Å². The van der Waals surface area contributed by atoms with Crippen molar-refractivity contribution in [1.29, 1.82) is 0 Å². The van der Waals surface area contributed by atoms with E-state index in [4.69, 9.17) is 4.74 Å². The molecule has 1 fully saturated rings. The Kier molecular flexibility index (Phi) is 4.22. The van der Waals surface area contributed by atoms with Crippen molar-refractivity contribution in [2.45, 2.75) is 65.0 Å². The molecule has 1 amide bonds. The topological polar surface area (TPSA) is 29.5 Å². The van der Waals surface area contributed by atoms with Gasteiger partial charge >= 0.3 is 6.09 Å². The molecule has 0 spiro atoms. The van der Waals surface area contributed by atoms with Crippen LogP contribution in [0, 0.1) is 5.92 Å². The molecule has 0 heterocycles. The van der Waals surface area contributed by atoms with Gasteiger partial charge in [-0.2, -0.15) is 0 Å². The molecule has 16 heavy (non-hydrogen) atoms. The van der Waals surface area contributed by atoms with Crippen molar-refractivity contribution in [1.82, 2.24) is 4.90 Å². The fraction of sp³-hybridized carbons (Fsp3) is 0.923. The van der Waals surface area contributed by atoms with E-state index in [9.17, 15) is 4.79 Å². The third-order valence-corrected chi connectivity index (χ3v) is 3.25. The summed E-state index contributed by atoms with van der Waals surface area (Å²) in [6.45, 7) is 7.94. The molecule has 0 radical (unpaired) electrons. The molecule has 0 aliphatic heterocycles. The quantitative estimate of drug-likeness (QED) is 0.687. The van der Waals surface area contributed by atoms with Gasteiger partial charge in [0.05, 0.1) is 0 Å². The fourth-order valence-corrected chi connectivity index (χ4v) is 2.34. The van der Waals surface area contributed by atoms with E-state index in [1.807, 2.05) is 27.8 Å². The summed E-state index contributed by atoms with van der Waals surface area (Å²) < 4.78 is 5.39. The van der Waals surface area contributed by atoms with Crippen molar-refractivity contribution in [2.75, 3.05) is 7.05 Å². The Morgan fingerprint density at radius 3 is 2.31 bits per heavy atom. The molecule has 0 aromatic heterocycles. The number of hydrogen-bond acceptors (Lipinski definition) is 2. The van der Waals surface area contributed by atoms with Crippen LogP contribution in [0.25, 0.3) is 0 Å². The summed E-state index contributed by atoms with van der Waals surface area (Å²) >= 11 is 0. The maximum atomic E-state index is 11.9. The van der Waals surface area contributed by atoms with Crippen LogP contribution in [0.15, 0.2) is 0 Å². The standard InChI is InChI=1S/C13H25NO2/c1-10-8-6-7-9-11(10)14(5)12(15)16-13(2,3)4/h10-11H,6-9H2,1-5H3. The number of nitrogens with zero attached hydrogens (tertiary/aromatic N) is 1. The summed E-state index contributed by atoms with van der Waals surface area (Å²) in [5, 5.41) is 0. The molecule has 0 bridgehead atoms. The van der Waals surface area contributed by atoms with E-state index in [0.29, 0.717) is 12.0 Å². The van der Waals surface area contributed by atoms with Crippen molar-refractivity contribution in [3.05, 3.63) is 0 Å². The number of carbonyl (C=O) groups excluding carboxylic acids is 1. The van der Waals surface area contributed by atoms with Gasteiger partial charge in [0.15, 0.2) is 0 Å². The lowest BCUT2D eigenvalue weighted by Gasteiger charge is -2.36. The molecule has 1 aliphatic carbocycles. The number of rotatable bonds is 1. The first kappa shape index (κ1) is 13.3. The Hall–Kier alpha value is -0.730. The first-order chi connectivity index (χ1) is 7.31. The number of amides is 1. The summed E-state index contributed by atoms with van der Waals surface area (Å²) in [6.07, 6.45) is 4.66. The highest BCUT2D eigenvalue weighted by atomic mass is 16.6. The molecule has 3 nitrogen and oxygen atoms in total. The minimum Gasteiger partial charge on any atom is -0.444 e. The highest BCUT2D eigenvalue weighted by Crippen LogP contribution is 2.28. The third-order valence-electron chi connectivity index (χ3n) is 3.25. The number of ether oxygens (including phenoxy) is 1. The zero-order valence-corrected chi connectivity index (χ0v) is 11.2. The van der Waals surface area contributed by atoms with Gasteiger partial charge in [0.2, 0.25) is 0 Å². The molecule has 2 unspecified atom stereocenters. The second-order valence-electron chi connectivity index (χ2n) is 5.92. The summed E-state index contributed by atoms with van der Waals surface area (Å²) in [7, 11) is 1.86. The van der Waals surface area contributed by atoms with Crippen LogP contribution in [0.5, 0.6) is 0 Å². The van der Waals surface area contributed by atoms with Crippen LogP contribution in [-0.2, 0) is 4.74 Å². The van der Waals surface area contributed by atoms with Crippen LogP contribution in [0.4, 0.5) is 4.79 Å². The van der Waals surface area contributed by atoms with Gasteiger partial charge in [0.25, 0.3) is 0 Å². The molecule has 1 saturated carbocycles. The average molecular weight is 227 g/mol. The van der Waals surface area contributed by atoms with Gasteiger partial charge in [-0.15, -0.1) is 0 Å². The van der Waals surface area contributed by atoms with Gasteiger partial charge in [0, 0.05) is 13.1 Å². The lowest BCUT2D eigenvalue weighted by molar-refractivity contribution is 0.0128. The Balaban J connectivity index is 2.55. The predicted octanol–water partition coefficient (Wildman–Crippen LogP) is 3.43. The maximum absolute atomic E-state index is 11.9. The lowest BCUT2D eigenvalue weighted by Crippen LogP contribution is -2.44. The van der Waals surface area contributed by atoms with Crippen molar-refractivity contribution in [2.24, 2.45) is 5.92 Å². The highest BCUT2D eigenvalue weighted by molar-refractivity contribution is 5.68. The Labute approximate surface area is 99.1 Å². The molecule has 1 rings (SSSR count). The first-order valence-electron chi connectivity index (χ1n) is 6.27. The summed E-state index contributed by atoms with van der Waals surface area (Å²) in [4.78, 5) is 13.7.